The molecule has 3 rings (SSSR count). The summed E-state index contributed by atoms with van der Waals surface area (Å²) in [4.78, 5) is 20.3. The maximum atomic E-state index is 12.4. The van der Waals surface area contributed by atoms with E-state index < -0.39 is 0 Å². The van der Waals surface area contributed by atoms with Gasteiger partial charge >= 0.3 is 6.03 Å². The predicted molar refractivity (Wildman–Crippen MR) is 97.8 cm³/mol. The molecule has 0 radical (unpaired) electrons. The van der Waals surface area contributed by atoms with Crippen LogP contribution in [0.1, 0.15) is 12.0 Å². The molecule has 0 unspecified atom stereocenters. The molecule has 0 saturated carbocycles. The summed E-state index contributed by atoms with van der Waals surface area (Å²) in [5.74, 6) is 0.746. The van der Waals surface area contributed by atoms with Gasteiger partial charge < -0.3 is 19.9 Å². The Balaban J connectivity index is 1.48. The molecule has 0 bridgehead atoms. The molecule has 1 fully saturated rings. The van der Waals surface area contributed by atoms with Crippen LogP contribution in [0.2, 0.25) is 0 Å². The minimum atomic E-state index is -0.0486. The molecule has 0 spiro atoms. The van der Waals surface area contributed by atoms with Crippen molar-refractivity contribution in [1.29, 1.82) is 0 Å². The van der Waals surface area contributed by atoms with Gasteiger partial charge in [0.2, 0.25) is 0 Å². The second-order valence-electron chi connectivity index (χ2n) is 6.39. The fourth-order valence-electron chi connectivity index (χ4n) is 2.85. The van der Waals surface area contributed by atoms with Crippen LogP contribution in [0.3, 0.4) is 0 Å². The predicted octanol–water partition coefficient (Wildman–Crippen LogP) is 2.51. The average molecular weight is 340 g/mol. The third-order valence-corrected chi connectivity index (χ3v) is 4.24. The van der Waals surface area contributed by atoms with Crippen molar-refractivity contribution in [2.24, 2.45) is 0 Å². The number of hydrogen-bond acceptors (Lipinski definition) is 4. The molecule has 2 aromatic rings. The van der Waals surface area contributed by atoms with E-state index in [1.165, 1.54) is 0 Å². The van der Waals surface area contributed by atoms with Gasteiger partial charge in [-0.25, -0.2) is 4.79 Å². The van der Waals surface area contributed by atoms with Crippen molar-refractivity contribution in [3.8, 4) is 5.75 Å². The molecule has 25 heavy (non-hydrogen) atoms. The lowest BCUT2D eigenvalue weighted by Gasteiger charge is -2.18. The average Bonchev–Trinajstić information content (AvgIpc) is 3.09. The van der Waals surface area contributed by atoms with E-state index in [9.17, 15) is 4.79 Å². The number of carbonyl (C=O) groups is 1. The van der Waals surface area contributed by atoms with Crippen molar-refractivity contribution in [2.75, 3.05) is 32.1 Å². The number of aromatic nitrogens is 1. The summed E-state index contributed by atoms with van der Waals surface area (Å²) in [6.45, 7) is 1.82. The van der Waals surface area contributed by atoms with Crippen LogP contribution >= 0.6 is 0 Å². The van der Waals surface area contributed by atoms with Crippen molar-refractivity contribution < 1.29 is 9.53 Å². The van der Waals surface area contributed by atoms with Gasteiger partial charge in [-0.1, -0.05) is 12.1 Å². The van der Waals surface area contributed by atoms with E-state index in [1.54, 1.807) is 17.3 Å². The minimum absolute atomic E-state index is 0.0204. The molecule has 1 aliphatic rings. The molecule has 2 amide bonds. The van der Waals surface area contributed by atoms with Crippen LogP contribution in [-0.2, 0) is 6.54 Å². The molecule has 1 aromatic heterocycles. The lowest BCUT2D eigenvalue weighted by molar-refractivity contribution is 0.186. The van der Waals surface area contributed by atoms with Crippen molar-refractivity contribution in [2.45, 2.75) is 19.1 Å². The first kappa shape index (κ1) is 17.1. The fourth-order valence-corrected chi connectivity index (χ4v) is 2.85. The Hall–Kier alpha value is -2.76. The third-order valence-electron chi connectivity index (χ3n) is 4.24. The van der Waals surface area contributed by atoms with Crippen LogP contribution in [0, 0.1) is 0 Å². The third kappa shape index (κ3) is 4.62. The first-order valence-electron chi connectivity index (χ1n) is 8.47. The molecule has 1 saturated heterocycles. The summed E-state index contributed by atoms with van der Waals surface area (Å²) < 4.78 is 5.87. The Morgan fingerprint density at radius 3 is 3.00 bits per heavy atom. The van der Waals surface area contributed by atoms with Crippen LogP contribution in [0.15, 0.2) is 48.8 Å². The molecule has 2 heterocycles. The number of pyridine rings is 1. The highest BCUT2D eigenvalue weighted by molar-refractivity contribution is 5.74. The van der Waals surface area contributed by atoms with Gasteiger partial charge in [0, 0.05) is 45.5 Å². The standard InChI is InChI=1S/C19H24N4O2/c1-22(2)16-6-3-5-15(11-16)12-21-19(24)23-10-8-18(14-23)25-17-7-4-9-20-13-17/h3-7,9,11,13,18H,8,10,12,14H2,1-2H3,(H,21,24)/t18-/m1/s1. The lowest BCUT2D eigenvalue weighted by Crippen LogP contribution is -2.39. The second-order valence-corrected chi connectivity index (χ2v) is 6.39. The zero-order valence-corrected chi connectivity index (χ0v) is 14.7. The van der Waals surface area contributed by atoms with Crippen molar-refractivity contribution in [3.63, 3.8) is 0 Å². The van der Waals surface area contributed by atoms with E-state index >= 15 is 0 Å². The second kappa shape index (κ2) is 7.88. The first-order chi connectivity index (χ1) is 12.1. The van der Waals surface area contributed by atoms with E-state index in [0.29, 0.717) is 19.6 Å². The maximum Gasteiger partial charge on any atom is 0.317 e. The Morgan fingerprint density at radius 1 is 1.36 bits per heavy atom. The number of amides is 2. The zero-order chi connectivity index (χ0) is 17.6. The number of carbonyl (C=O) groups excluding carboxylic acids is 1. The summed E-state index contributed by atoms with van der Waals surface area (Å²) in [6.07, 6.45) is 4.26. The number of rotatable bonds is 5. The smallest absolute Gasteiger partial charge is 0.317 e. The Labute approximate surface area is 148 Å². The zero-order valence-electron chi connectivity index (χ0n) is 14.7. The number of urea groups is 1. The van der Waals surface area contributed by atoms with Crippen molar-refractivity contribution in [1.82, 2.24) is 15.2 Å². The lowest BCUT2D eigenvalue weighted by atomic mass is 10.2. The van der Waals surface area contributed by atoms with Gasteiger partial charge in [0.1, 0.15) is 11.9 Å². The highest BCUT2D eigenvalue weighted by Crippen LogP contribution is 2.18. The monoisotopic (exact) mass is 340 g/mol. The molecular weight excluding hydrogens is 316 g/mol. The topological polar surface area (TPSA) is 57.7 Å². The molecule has 6 nitrogen and oxygen atoms in total. The molecule has 1 aliphatic heterocycles. The van der Waals surface area contributed by atoms with Crippen LogP contribution in [0.25, 0.3) is 0 Å². The van der Waals surface area contributed by atoms with E-state index in [2.05, 4.69) is 16.4 Å². The molecule has 6 heteroatoms. The Bertz CT molecular complexity index is 706. The van der Waals surface area contributed by atoms with Gasteiger partial charge in [-0.15, -0.1) is 0 Å². The minimum Gasteiger partial charge on any atom is -0.487 e. The molecule has 1 N–H and O–H groups in total. The molecule has 1 atom stereocenters. The fraction of sp³-hybridized carbons (Fsp3) is 0.368. The maximum absolute atomic E-state index is 12.4. The number of anilines is 1. The summed E-state index contributed by atoms with van der Waals surface area (Å²) in [7, 11) is 4.01. The van der Waals surface area contributed by atoms with E-state index in [-0.39, 0.29) is 12.1 Å². The summed E-state index contributed by atoms with van der Waals surface area (Å²) in [5.41, 5.74) is 2.21. The van der Waals surface area contributed by atoms with E-state index in [1.807, 2.05) is 49.3 Å². The largest absolute Gasteiger partial charge is 0.487 e. The Kier molecular flexibility index (Phi) is 5.38. The summed E-state index contributed by atoms with van der Waals surface area (Å²) >= 11 is 0. The van der Waals surface area contributed by atoms with Gasteiger partial charge in [0.25, 0.3) is 0 Å². The quantitative estimate of drug-likeness (QED) is 0.909. The van der Waals surface area contributed by atoms with Gasteiger partial charge in [-0.05, 0) is 29.8 Å². The number of ether oxygens (including phenoxy) is 1. The van der Waals surface area contributed by atoms with Crippen LogP contribution in [0.5, 0.6) is 5.75 Å². The highest BCUT2D eigenvalue weighted by Gasteiger charge is 2.27. The molecule has 1 aromatic carbocycles. The normalized spacial score (nSPS) is 16.6. The Morgan fingerprint density at radius 2 is 2.24 bits per heavy atom. The van der Waals surface area contributed by atoms with Crippen LogP contribution in [0.4, 0.5) is 10.5 Å². The summed E-state index contributed by atoms with van der Waals surface area (Å²) in [6, 6.07) is 11.8. The highest BCUT2D eigenvalue weighted by atomic mass is 16.5. The number of nitrogens with zero attached hydrogens (tertiary/aromatic N) is 3. The number of hydrogen-bond donors (Lipinski definition) is 1. The number of nitrogens with one attached hydrogen (secondary N) is 1. The van der Waals surface area contributed by atoms with Gasteiger partial charge in [0.15, 0.2) is 0 Å². The molecule has 0 aliphatic carbocycles. The van der Waals surface area contributed by atoms with Gasteiger partial charge in [-0.3, -0.25) is 4.98 Å². The summed E-state index contributed by atoms with van der Waals surface area (Å²) in [5, 5.41) is 2.99. The van der Waals surface area contributed by atoms with Crippen molar-refractivity contribution >= 4 is 11.7 Å². The number of likely N-dealkylation sites (tertiary alicyclic amines) is 1. The first-order valence-corrected chi connectivity index (χ1v) is 8.47. The van der Waals surface area contributed by atoms with Crippen LogP contribution in [-0.4, -0.2) is 49.2 Å². The van der Waals surface area contributed by atoms with Crippen LogP contribution < -0.4 is 15.0 Å². The molecular formula is C19H24N4O2. The van der Waals surface area contributed by atoms with E-state index in [4.69, 9.17) is 4.74 Å². The molecule has 132 valence electrons. The number of benzene rings is 1. The van der Waals surface area contributed by atoms with E-state index in [0.717, 1.165) is 23.4 Å². The van der Waals surface area contributed by atoms with Crippen molar-refractivity contribution in [3.05, 3.63) is 54.4 Å². The van der Waals surface area contributed by atoms with Gasteiger partial charge in [0.05, 0.1) is 12.7 Å². The van der Waals surface area contributed by atoms with Gasteiger partial charge in [-0.2, -0.15) is 0 Å². The SMILES string of the molecule is CN(C)c1cccc(CNC(=O)N2CC[C@@H](Oc3cccnc3)C2)c1.